The first-order chi connectivity index (χ1) is 14.3. The summed E-state index contributed by atoms with van der Waals surface area (Å²) in [6.45, 7) is 9.72. The smallest absolute Gasteiger partial charge is 0.194 e. The third-order valence-electron chi connectivity index (χ3n) is 5.91. The van der Waals surface area contributed by atoms with E-state index in [1.165, 1.54) is 57.2 Å². The van der Waals surface area contributed by atoms with Gasteiger partial charge in [0.15, 0.2) is 11.8 Å². The van der Waals surface area contributed by atoms with Crippen LogP contribution in [-0.4, -0.2) is 70.2 Å². The molecule has 0 aliphatic carbocycles. The molecule has 2 saturated heterocycles. The molecule has 1 aromatic carbocycles. The van der Waals surface area contributed by atoms with E-state index in [9.17, 15) is 0 Å². The van der Waals surface area contributed by atoms with Crippen LogP contribution in [-0.2, 0) is 6.54 Å². The largest absolute Gasteiger partial charge is 0.357 e. The average molecular weight is 523 g/mol. The third kappa shape index (κ3) is 6.16. The number of likely N-dealkylation sites (tertiary alicyclic amines) is 2. The molecule has 0 amide bonds. The Morgan fingerprint density at radius 2 is 2.10 bits per heavy atom. The molecule has 2 aliphatic heterocycles. The van der Waals surface area contributed by atoms with Gasteiger partial charge in [-0.3, -0.25) is 5.10 Å². The van der Waals surface area contributed by atoms with Crippen molar-refractivity contribution in [3.8, 4) is 11.4 Å². The van der Waals surface area contributed by atoms with Crippen LogP contribution in [0.5, 0.6) is 0 Å². The predicted octanol–water partition coefficient (Wildman–Crippen LogP) is 3.36. The van der Waals surface area contributed by atoms with Crippen LogP contribution in [0.4, 0.5) is 0 Å². The number of piperidine rings is 1. The molecule has 2 aromatic rings. The van der Waals surface area contributed by atoms with Gasteiger partial charge in [0.25, 0.3) is 0 Å². The Balaban J connectivity index is 0.00000256. The fourth-order valence-corrected chi connectivity index (χ4v) is 4.43. The summed E-state index contributed by atoms with van der Waals surface area (Å²) in [5, 5.41) is 10.4. The normalized spacial score (nSPS) is 20.2. The minimum absolute atomic E-state index is 0. The molecule has 3 heterocycles. The van der Waals surface area contributed by atoms with E-state index in [0.29, 0.717) is 6.54 Å². The van der Waals surface area contributed by atoms with Gasteiger partial charge < -0.3 is 15.1 Å². The van der Waals surface area contributed by atoms with Crippen molar-refractivity contribution in [1.82, 2.24) is 30.3 Å². The zero-order valence-electron chi connectivity index (χ0n) is 17.9. The highest BCUT2D eigenvalue weighted by Crippen LogP contribution is 2.20. The van der Waals surface area contributed by atoms with E-state index in [4.69, 9.17) is 4.99 Å². The lowest BCUT2D eigenvalue weighted by Gasteiger charge is -2.29. The summed E-state index contributed by atoms with van der Waals surface area (Å²) >= 11 is 0. The molecule has 2 aliphatic rings. The second kappa shape index (κ2) is 11.6. The molecule has 30 heavy (non-hydrogen) atoms. The first-order valence-corrected chi connectivity index (χ1v) is 11.0. The summed E-state index contributed by atoms with van der Waals surface area (Å²) in [6.07, 6.45) is 6.95. The third-order valence-corrected chi connectivity index (χ3v) is 5.91. The maximum atomic E-state index is 4.94. The number of nitrogens with one attached hydrogen (secondary N) is 2. The molecule has 0 bridgehead atoms. The van der Waals surface area contributed by atoms with E-state index in [2.05, 4.69) is 55.4 Å². The van der Waals surface area contributed by atoms with E-state index in [0.717, 1.165) is 42.9 Å². The SMILES string of the molecule is CCNC(=NCc1cccc(-c2ncn[nH]2)c1)N1CCC(CN2CCCCC2)C1.I. The summed E-state index contributed by atoms with van der Waals surface area (Å²) in [6, 6.07) is 8.36. The van der Waals surface area contributed by atoms with Crippen LogP contribution in [0.2, 0.25) is 0 Å². The molecule has 164 valence electrons. The van der Waals surface area contributed by atoms with Crippen molar-refractivity contribution in [2.45, 2.75) is 39.2 Å². The molecule has 8 heteroatoms. The molecule has 1 unspecified atom stereocenters. The number of halogens is 1. The van der Waals surface area contributed by atoms with Crippen LogP contribution in [0.25, 0.3) is 11.4 Å². The Bertz CT molecular complexity index is 787. The fourth-order valence-electron chi connectivity index (χ4n) is 4.43. The molecular formula is C22H34IN7. The van der Waals surface area contributed by atoms with Crippen molar-refractivity contribution in [3.63, 3.8) is 0 Å². The summed E-state index contributed by atoms with van der Waals surface area (Å²) in [7, 11) is 0. The lowest BCUT2D eigenvalue weighted by atomic mass is 10.1. The van der Waals surface area contributed by atoms with Crippen molar-refractivity contribution < 1.29 is 0 Å². The zero-order valence-corrected chi connectivity index (χ0v) is 20.2. The lowest BCUT2D eigenvalue weighted by molar-refractivity contribution is 0.198. The molecule has 4 rings (SSSR count). The van der Waals surface area contributed by atoms with Crippen LogP contribution in [0, 0.1) is 5.92 Å². The molecule has 1 aromatic heterocycles. The monoisotopic (exact) mass is 523 g/mol. The van der Waals surface area contributed by atoms with Crippen molar-refractivity contribution in [2.75, 3.05) is 39.3 Å². The standard InChI is InChI=1S/C22H33N7.HI/c1-2-23-22(29-12-9-19(16-29)15-28-10-4-3-5-11-28)24-14-18-7-6-8-20(13-18)21-25-17-26-27-21;/h6-8,13,17,19H,2-5,9-12,14-16H2,1H3,(H,23,24)(H,25,26,27);1H. The van der Waals surface area contributed by atoms with Gasteiger partial charge in [0.2, 0.25) is 0 Å². The van der Waals surface area contributed by atoms with Crippen LogP contribution >= 0.6 is 24.0 Å². The summed E-state index contributed by atoms with van der Waals surface area (Å²) in [5.41, 5.74) is 2.22. The van der Waals surface area contributed by atoms with Crippen LogP contribution in [0.15, 0.2) is 35.6 Å². The number of aliphatic imine (C=N–C) groups is 1. The molecule has 2 fully saturated rings. The first kappa shape index (κ1) is 23.0. The Hall–Kier alpha value is -1.68. The van der Waals surface area contributed by atoms with Crippen LogP contribution in [0.3, 0.4) is 0 Å². The van der Waals surface area contributed by atoms with Gasteiger partial charge in [0.05, 0.1) is 6.54 Å². The number of rotatable bonds is 6. The zero-order chi connectivity index (χ0) is 19.9. The minimum atomic E-state index is 0. The topological polar surface area (TPSA) is 72.4 Å². The Labute approximate surface area is 196 Å². The van der Waals surface area contributed by atoms with Crippen molar-refractivity contribution in [2.24, 2.45) is 10.9 Å². The minimum Gasteiger partial charge on any atom is -0.357 e. The van der Waals surface area contributed by atoms with Crippen molar-refractivity contribution in [3.05, 3.63) is 36.2 Å². The molecule has 0 radical (unpaired) electrons. The summed E-state index contributed by atoms with van der Waals surface area (Å²) < 4.78 is 0. The van der Waals surface area contributed by atoms with Gasteiger partial charge in [-0.05, 0) is 56.8 Å². The maximum Gasteiger partial charge on any atom is 0.194 e. The number of aromatic amines is 1. The summed E-state index contributed by atoms with van der Waals surface area (Å²) in [5.74, 6) is 2.59. The number of H-pyrrole nitrogens is 1. The highest BCUT2D eigenvalue weighted by molar-refractivity contribution is 14.0. The highest BCUT2D eigenvalue weighted by Gasteiger charge is 2.26. The molecule has 2 N–H and O–H groups in total. The van der Waals surface area contributed by atoms with Crippen molar-refractivity contribution >= 4 is 29.9 Å². The molecule has 0 saturated carbocycles. The van der Waals surface area contributed by atoms with Gasteiger partial charge in [-0.2, -0.15) is 5.10 Å². The number of benzene rings is 1. The molecular weight excluding hydrogens is 489 g/mol. The number of hydrogen-bond donors (Lipinski definition) is 2. The van der Waals surface area contributed by atoms with E-state index in [1.807, 2.05) is 6.07 Å². The van der Waals surface area contributed by atoms with Crippen LogP contribution in [0.1, 0.15) is 38.2 Å². The summed E-state index contributed by atoms with van der Waals surface area (Å²) in [4.78, 5) is 14.3. The number of hydrogen-bond acceptors (Lipinski definition) is 4. The van der Waals surface area contributed by atoms with Gasteiger partial charge in [-0.15, -0.1) is 24.0 Å². The van der Waals surface area contributed by atoms with E-state index >= 15 is 0 Å². The van der Waals surface area contributed by atoms with E-state index in [-0.39, 0.29) is 24.0 Å². The second-order valence-corrected chi connectivity index (χ2v) is 8.17. The number of nitrogens with zero attached hydrogens (tertiary/aromatic N) is 5. The van der Waals surface area contributed by atoms with Gasteiger partial charge in [-0.25, -0.2) is 9.98 Å². The van der Waals surface area contributed by atoms with E-state index in [1.54, 1.807) is 0 Å². The van der Waals surface area contributed by atoms with Gasteiger partial charge in [-0.1, -0.05) is 24.6 Å². The van der Waals surface area contributed by atoms with Crippen LogP contribution < -0.4 is 5.32 Å². The fraction of sp³-hybridized carbons (Fsp3) is 0.591. The second-order valence-electron chi connectivity index (χ2n) is 8.17. The average Bonchev–Trinajstić information content (AvgIpc) is 3.45. The molecule has 7 nitrogen and oxygen atoms in total. The predicted molar refractivity (Wildman–Crippen MR) is 132 cm³/mol. The first-order valence-electron chi connectivity index (χ1n) is 11.0. The maximum absolute atomic E-state index is 4.94. The number of aromatic nitrogens is 3. The van der Waals surface area contributed by atoms with E-state index < -0.39 is 0 Å². The van der Waals surface area contributed by atoms with Gasteiger partial charge >= 0.3 is 0 Å². The highest BCUT2D eigenvalue weighted by atomic mass is 127. The Kier molecular flexibility index (Phi) is 8.92. The Morgan fingerprint density at radius 1 is 1.23 bits per heavy atom. The lowest BCUT2D eigenvalue weighted by Crippen LogP contribution is -2.41. The van der Waals surface area contributed by atoms with Gasteiger partial charge in [0.1, 0.15) is 6.33 Å². The van der Waals surface area contributed by atoms with Crippen molar-refractivity contribution in [1.29, 1.82) is 0 Å². The molecule has 0 spiro atoms. The van der Waals surface area contributed by atoms with Gasteiger partial charge in [0, 0.05) is 31.7 Å². The molecule has 1 atom stereocenters. The number of guanidine groups is 1. The Morgan fingerprint density at radius 3 is 2.87 bits per heavy atom. The quantitative estimate of drug-likeness (QED) is 0.345.